The first-order valence-electron chi connectivity index (χ1n) is 18.8. The molecule has 1 aliphatic heterocycles. The predicted molar refractivity (Wildman–Crippen MR) is 197 cm³/mol. The van der Waals surface area contributed by atoms with Gasteiger partial charge in [0, 0.05) is 31.9 Å². The molecular weight excluding hydrogens is 685 g/mol. The largest absolute Gasteiger partial charge is 0.390 e. The molecule has 0 radical (unpaired) electrons. The minimum absolute atomic E-state index is 0.00634. The van der Waals surface area contributed by atoms with Gasteiger partial charge in [-0.1, -0.05) is 62.4 Å². The SMILES string of the molecule is CC(C)(C(=O)N1CCOCC1)S(=O)(=O)C[C@@H](Cc1ccccc1)C(=O)N[C@H](Cc1ccncc1)C(=O)N[C@@H](CC1CCCCC1)[C@@H](O)[C@@H](O)C1CC1. The van der Waals surface area contributed by atoms with E-state index in [4.69, 9.17) is 4.74 Å². The van der Waals surface area contributed by atoms with Gasteiger partial charge in [-0.25, -0.2) is 8.42 Å². The lowest BCUT2D eigenvalue weighted by Crippen LogP contribution is -2.57. The Morgan fingerprint density at radius 1 is 0.885 bits per heavy atom. The van der Waals surface area contributed by atoms with Crippen molar-refractivity contribution < 1.29 is 37.8 Å². The van der Waals surface area contributed by atoms with Crippen LogP contribution in [0.25, 0.3) is 0 Å². The van der Waals surface area contributed by atoms with E-state index in [9.17, 15) is 33.0 Å². The van der Waals surface area contributed by atoms with Crippen LogP contribution in [0.1, 0.15) is 76.3 Å². The third-order valence-corrected chi connectivity index (χ3v) is 13.6. The van der Waals surface area contributed by atoms with Crippen molar-refractivity contribution in [1.82, 2.24) is 20.5 Å². The van der Waals surface area contributed by atoms with Crippen LogP contribution in [-0.2, 0) is 41.8 Å². The molecule has 52 heavy (non-hydrogen) atoms. The minimum Gasteiger partial charge on any atom is -0.390 e. The van der Waals surface area contributed by atoms with Crippen LogP contribution in [0.5, 0.6) is 0 Å². The van der Waals surface area contributed by atoms with E-state index in [2.05, 4.69) is 15.6 Å². The number of carbonyl (C=O) groups is 3. The molecule has 4 N–H and O–H groups in total. The first kappa shape index (κ1) is 39.8. The summed E-state index contributed by atoms with van der Waals surface area (Å²) in [4.78, 5) is 47.6. The lowest BCUT2D eigenvalue weighted by molar-refractivity contribution is -0.137. The molecule has 0 spiro atoms. The maximum Gasteiger partial charge on any atom is 0.243 e. The van der Waals surface area contributed by atoms with Crippen molar-refractivity contribution in [2.75, 3.05) is 32.1 Å². The summed E-state index contributed by atoms with van der Waals surface area (Å²) in [6.07, 6.45) is 8.62. The smallest absolute Gasteiger partial charge is 0.243 e. The fraction of sp³-hybridized carbons (Fsp3) is 0.641. The molecule has 1 saturated heterocycles. The third kappa shape index (κ3) is 10.6. The Bertz CT molecular complexity index is 1580. The van der Waals surface area contributed by atoms with Crippen molar-refractivity contribution in [3.63, 3.8) is 0 Å². The molecule has 5 atom stereocenters. The number of morpholine rings is 1. The van der Waals surface area contributed by atoms with Crippen LogP contribution in [0.2, 0.25) is 0 Å². The van der Waals surface area contributed by atoms with E-state index in [1.807, 2.05) is 6.07 Å². The summed E-state index contributed by atoms with van der Waals surface area (Å²) in [7, 11) is -4.21. The number of aliphatic hydroxyl groups is 2. The molecule has 5 rings (SSSR count). The number of amides is 3. The summed E-state index contributed by atoms with van der Waals surface area (Å²) < 4.78 is 31.7. The molecule has 286 valence electrons. The number of sulfone groups is 1. The first-order chi connectivity index (χ1) is 24.9. The van der Waals surface area contributed by atoms with E-state index in [-0.39, 0.29) is 37.8 Å². The second-order valence-electron chi connectivity index (χ2n) is 15.4. The highest BCUT2D eigenvalue weighted by Gasteiger charge is 2.46. The van der Waals surface area contributed by atoms with Crippen molar-refractivity contribution in [3.05, 3.63) is 66.0 Å². The molecular formula is C39H56N4O8S. The van der Waals surface area contributed by atoms with E-state index in [0.717, 1.165) is 56.1 Å². The number of benzene rings is 1. The van der Waals surface area contributed by atoms with Crippen LogP contribution in [0.15, 0.2) is 54.9 Å². The lowest BCUT2D eigenvalue weighted by Gasteiger charge is -2.35. The van der Waals surface area contributed by atoms with Crippen molar-refractivity contribution in [1.29, 1.82) is 0 Å². The molecule has 2 aliphatic carbocycles. The van der Waals surface area contributed by atoms with Gasteiger partial charge >= 0.3 is 0 Å². The quantitative estimate of drug-likeness (QED) is 0.190. The number of ether oxygens (including phenoxy) is 1. The van der Waals surface area contributed by atoms with Crippen molar-refractivity contribution in [2.45, 2.75) is 107 Å². The summed E-state index contributed by atoms with van der Waals surface area (Å²) in [5.74, 6) is -3.17. The van der Waals surface area contributed by atoms with E-state index in [1.165, 1.54) is 18.7 Å². The van der Waals surface area contributed by atoms with Gasteiger partial charge in [-0.3, -0.25) is 19.4 Å². The average molecular weight is 741 g/mol. The van der Waals surface area contributed by atoms with E-state index >= 15 is 0 Å². The number of aliphatic hydroxyl groups excluding tert-OH is 2. The van der Waals surface area contributed by atoms with Crippen LogP contribution >= 0.6 is 0 Å². The van der Waals surface area contributed by atoms with Crippen molar-refractivity contribution in [2.24, 2.45) is 17.8 Å². The molecule has 1 aromatic carbocycles. The number of aromatic nitrogens is 1. The molecule has 13 heteroatoms. The molecule has 3 aliphatic rings. The number of hydrogen-bond donors (Lipinski definition) is 4. The Labute approximate surface area is 308 Å². The van der Waals surface area contributed by atoms with Gasteiger partial charge in [-0.05, 0) is 74.6 Å². The molecule has 3 fully saturated rings. The number of nitrogens with one attached hydrogen (secondary N) is 2. The zero-order valence-electron chi connectivity index (χ0n) is 30.5. The normalized spacial score (nSPS) is 20.3. The first-order valence-corrected chi connectivity index (χ1v) is 20.5. The topological polar surface area (TPSA) is 175 Å². The minimum atomic E-state index is -4.21. The zero-order valence-corrected chi connectivity index (χ0v) is 31.3. The second kappa shape index (κ2) is 18.1. The Morgan fingerprint density at radius 2 is 1.52 bits per heavy atom. The average Bonchev–Trinajstić information content (AvgIpc) is 4.00. The van der Waals surface area contributed by atoms with Crippen LogP contribution in [-0.4, -0.2) is 107 Å². The molecule has 12 nitrogen and oxygen atoms in total. The number of carbonyl (C=O) groups excluding carboxylic acids is 3. The van der Waals surface area contributed by atoms with Crippen molar-refractivity contribution in [3.8, 4) is 0 Å². The van der Waals surface area contributed by atoms with Gasteiger partial charge in [0.2, 0.25) is 17.7 Å². The number of pyridine rings is 1. The van der Waals surface area contributed by atoms with E-state index < -0.39 is 68.3 Å². The van der Waals surface area contributed by atoms with Crippen LogP contribution in [0, 0.1) is 17.8 Å². The Balaban J connectivity index is 1.39. The highest BCUT2D eigenvalue weighted by Crippen LogP contribution is 2.36. The fourth-order valence-corrected chi connectivity index (χ4v) is 9.05. The summed E-state index contributed by atoms with van der Waals surface area (Å²) in [6.45, 7) is 3.97. The zero-order chi connectivity index (χ0) is 37.3. The number of nitrogens with zero attached hydrogens (tertiary/aromatic N) is 2. The molecule has 3 amide bonds. The second-order valence-corrected chi connectivity index (χ2v) is 18.0. The highest BCUT2D eigenvalue weighted by molar-refractivity contribution is 7.93. The van der Waals surface area contributed by atoms with Crippen LogP contribution in [0.3, 0.4) is 0 Å². The fourth-order valence-electron chi connectivity index (χ4n) is 7.44. The molecule has 1 aromatic heterocycles. The van der Waals surface area contributed by atoms with Gasteiger partial charge in [-0.15, -0.1) is 0 Å². The molecule has 0 bridgehead atoms. The van der Waals surface area contributed by atoms with Gasteiger partial charge in [0.1, 0.15) is 16.9 Å². The van der Waals surface area contributed by atoms with Gasteiger partial charge in [0.15, 0.2) is 9.84 Å². The van der Waals surface area contributed by atoms with Gasteiger partial charge in [0.05, 0.1) is 37.0 Å². The number of hydrogen-bond acceptors (Lipinski definition) is 9. The van der Waals surface area contributed by atoms with E-state index in [1.54, 1.807) is 48.8 Å². The summed E-state index contributed by atoms with van der Waals surface area (Å²) >= 11 is 0. The third-order valence-electron chi connectivity index (χ3n) is 11.0. The number of rotatable bonds is 17. The Kier molecular flexibility index (Phi) is 13.9. The van der Waals surface area contributed by atoms with Crippen LogP contribution < -0.4 is 10.6 Å². The van der Waals surface area contributed by atoms with Gasteiger partial charge < -0.3 is 30.5 Å². The summed E-state index contributed by atoms with van der Waals surface area (Å²) in [5.41, 5.74) is 1.46. The summed E-state index contributed by atoms with van der Waals surface area (Å²) in [5, 5.41) is 28.2. The molecule has 2 saturated carbocycles. The van der Waals surface area contributed by atoms with Gasteiger partial charge in [0.25, 0.3) is 0 Å². The summed E-state index contributed by atoms with van der Waals surface area (Å²) in [6, 6.07) is 10.7. The Morgan fingerprint density at radius 3 is 2.15 bits per heavy atom. The lowest BCUT2D eigenvalue weighted by atomic mass is 9.82. The maximum atomic E-state index is 14.3. The van der Waals surface area contributed by atoms with Gasteiger partial charge in [-0.2, -0.15) is 0 Å². The maximum absolute atomic E-state index is 14.3. The monoisotopic (exact) mass is 740 g/mol. The standard InChI is InChI=1S/C39H56N4O8S/c1-39(2,38(48)43-19-21-51-22-20-43)52(49,50)26-31(23-27-9-5-3-6-10-27)36(46)42-33(25-29-15-17-40-18-16-29)37(47)41-32(24-28-11-7-4-8-12-28)35(45)34(44)30-13-14-30/h3,5-6,9-10,15-18,28,30-35,44-45H,4,7-8,11-14,19-26H2,1-2H3,(H,41,47)(H,42,46)/t31-,32+,33-,34+,35-/m1/s1. The highest BCUT2D eigenvalue weighted by atomic mass is 32.2. The Hall–Kier alpha value is -3.39. The van der Waals surface area contributed by atoms with Crippen LogP contribution in [0.4, 0.5) is 0 Å². The van der Waals surface area contributed by atoms with E-state index in [0.29, 0.717) is 19.6 Å². The molecule has 2 aromatic rings. The van der Waals surface area contributed by atoms with Crippen molar-refractivity contribution >= 4 is 27.6 Å². The molecule has 0 unspecified atom stereocenters. The molecule has 2 heterocycles. The predicted octanol–water partition coefficient (Wildman–Crippen LogP) is 2.61.